The molecule has 2 nitrogen and oxygen atoms in total. The van der Waals surface area contributed by atoms with Crippen LogP contribution in [0.4, 0.5) is 13.2 Å². The van der Waals surface area contributed by atoms with Crippen LogP contribution in [-0.4, -0.2) is 18.4 Å². The summed E-state index contributed by atoms with van der Waals surface area (Å²) in [7, 11) is 1.30. The van der Waals surface area contributed by atoms with Gasteiger partial charge in [-0.25, -0.2) is 0 Å². The first-order valence-electron chi connectivity index (χ1n) is 4.52. The molecule has 0 fully saturated rings. The van der Waals surface area contributed by atoms with Crippen molar-refractivity contribution in [3.63, 3.8) is 0 Å². The van der Waals surface area contributed by atoms with Gasteiger partial charge in [0.1, 0.15) is 5.75 Å². The van der Waals surface area contributed by atoms with Gasteiger partial charge in [0.25, 0.3) is 0 Å². The van der Waals surface area contributed by atoms with Gasteiger partial charge < -0.3 is 9.84 Å². The molecule has 0 heterocycles. The third kappa shape index (κ3) is 4.04. The maximum absolute atomic E-state index is 12.2. The molecule has 1 N–H and O–H groups in total. The molecule has 1 atom stereocenters. The Morgan fingerprint density at radius 2 is 2.06 bits per heavy atom. The molecule has 0 aliphatic rings. The Hall–Kier alpha value is -0.460. The normalized spacial score (nSPS) is 13.6. The molecule has 0 bridgehead atoms. The number of rotatable bonds is 3. The first-order valence-corrected chi connectivity index (χ1v) is 5.69. The van der Waals surface area contributed by atoms with E-state index in [-0.39, 0.29) is 16.3 Å². The van der Waals surface area contributed by atoms with Crippen molar-refractivity contribution < 1.29 is 23.0 Å². The Kier molecular flexibility index (Phi) is 4.69. The largest absolute Gasteiger partial charge is 0.495 e. The highest BCUT2D eigenvalue weighted by Gasteiger charge is 2.33. The SMILES string of the molecule is COc1c(Br)cc(Cl)cc1C(O)CC(F)(F)F. The molecule has 96 valence electrons. The van der Waals surface area contributed by atoms with Gasteiger partial charge in [0.05, 0.1) is 24.1 Å². The highest BCUT2D eigenvalue weighted by atomic mass is 79.9. The van der Waals surface area contributed by atoms with E-state index in [2.05, 4.69) is 15.9 Å². The van der Waals surface area contributed by atoms with Crippen molar-refractivity contribution in [2.45, 2.75) is 18.7 Å². The summed E-state index contributed by atoms with van der Waals surface area (Å²) in [6.07, 6.45) is -7.52. The lowest BCUT2D eigenvalue weighted by molar-refractivity contribution is -0.154. The third-order valence-electron chi connectivity index (χ3n) is 2.03. The fraction of sp³-hybridized carbons (Fsp3) is 0.400. The van der Waals surface area contributed by atoms with Crippen molar-refractivity contribution in [2.24, 2.45) is 0 Å². The van der Waals surface area contributed by atoms with Gasteiger partial charge in [0.15, 0.2) is 0 Å². The number of aliphatic hydroxyl groups is 1. The van der Waals surface area contributed by atoms with Crippen molar-refractivity contribution in [3.05, 3.63) is 27.2 Å². The molecule has 0 amide bonds. The van der Waals surface area contributed by atoms with Gasteiger partial charge in [0.2, 0.25) is 0 Å². The van der Waals surface area contributed by atoms with E-state index in [9.17, 15) is 18.3 Å². The van der Waals surface area contributed by atoms with Crippen LogP contribution in [0.15, 0.2) is 16.6 Å². The molecule has 1 unspecified atom stereocenters. The maximum Gasteiger partial charge on any atom is 0.391 e. The van der Waals surface area contributed by atoms with Crippen LogP contribution in [0.1, 0.15) is 18.1 Å². The van der Waals surface area contributed by atoms with Gasteiger partial charge in [-0.15, -0.1) is 0 Å². The Bertz CT molecular complexity index is 409. The quantitative estimate of drug-likeness (QED) is 0.902. The Balaban J connectivity index is 3.11. The standard InChI is InChI=1S/C10H9BrClF3O2/c1-17-9-6(2-5(12)3-7(9)11)8(16)4-10(13,14)15/h2-3,8,16H,4H2,1H3. The summed E-state index contributed by atoms with van der Waals surface area (Å²) in [5.41, 5.74) is 0.00389. The molecule has 0 spiro atoms. The fourth-order valence-electron chi connectivity index (χ4n) is 1.37. The van der Waals surface area contributed by atoms with Crippen LogP contribution in [0.25, 0.3) is 0 Å². The Morgan fingerprint density at radius 1 is 1.47 bits per heavy atom. The van der Waals surface area contributed by atoms with E-state index in [1.54, 1.807) is 0 Å². The lowest BCUT2D eigenvalue weighted by Crippen LogP contribution is -2.14. The summed E-state index contributed by atoms with van der Waals surface area (Å²) in [5.74, 6) is 0.145. The summed E-state index contributed by atoms with van der Waals surface area (Å²) < 4.78 is 41.9. The molecule has 17 heavy (non-hydrogen) atoms. The Labute approximate surface area is 109 Å². The van der Waals surface area contributed by atoms with Crippen molar-refractivity contribution in [1.29, 1.82) is 0 Å². The molecular formula is C10H9BrClF3O2. The Morgan fingerprint density at radius 3 is 2.53 bits per heavy atom. The zero-order chi connectivity index (χ0) is 13.2. The molecular weight excluding hydrogens is 324 g/mol. The third-order valence-corrected chi connectivity index (χ3v) is 2.83. The molecule has 0 aliphatic heterocycles. The predicted octanol–water partition coefficient (Wildman–Crippen LogP) is 4.10. The molecule has 0 aromatic heterocycles. The zero-order valence-corrected chi connectivity index (χ0v) is 11.0. The number of alkyl halides is 3. The van der Waals surface area contributed by atoms with Crippen LogP contribution in [0.5, 0.6) is 5.75 Å². The van der Waals surface area contributed by atoms with Crippen LogP contribution in [0, 0.1) is 0 Å². The van der Waals surface area contributed by atoms with Gasteiger partial charge in [-0.2, -0.15) is 13.2 Å². The topological polar surface area (TPSA) is 29.5 Å². The van der Waals surface area contributed by atoms with E-state index in [1.807, 2.05) is 0 Å². The number of aliphatic hydroxyl groups excluding tert-OH is 1. The smallest absolute Gasteiger partial charge is 0.391 e. The van der Waals surface area contributed by atoms with Gasteiger partial charge in [0, 0.05) is 10.6 Å². The minimum atomic E-state index is -4.46. The number of hydrogen-bond acceptors (Lipinski definition) is 2. The van der Waals surface area contributed by atoms with Crippen molar-refractivity contribution in [2.75, 3.05) is 7.11 Å². The number of ether oxygens (including phenoxy) is 1. The highest BCUT2D eigenvalue weighted by molar-refractivity contribution is 9.10. The summed E-state index contributed by atoms with van der Waals surface area (Å²) in [6, 6.07) is 2.73. The molecule has 0 aliphatic carbocycles. The second-order valence-electron chi connectivity index (χ2n) is 3.35. The lowest BCUT2D eigenvalue weighted by atomic mass is 10.1. The van der Waals surface area contributed by atoms with E-state index >= 15 is 0 Å². The van der Waals surface area contributed by atoms with Crippen LogP contribution in [0.2, 0.25) is 5.02 Å². The first-order chi connectivity index (χ1) is 7.74. The van der Waals surface area contributed by atoms with E-state index in [0.29, 0.717) is 4.47 Å². The van der Waals surface area contributed by atoms with Crippen molar-refractivity contribution >= 4 is 27.5 Å². The van der Waals surface area contributed by atoms with Crippen molar-refractivity contribution in [1.82, 2.24) is 0 Å². The van der Waals surface area contributed by atoms with Crippen molar-refractivity contribution in [3.8, 4) is 5.75 Å². The summed E-state index contributed by atoms with van der Waals surface area (Å²) in [5, 5.41) is 9.75. The van der Waals surface area contributed by atoms with Gasteiger partial charge in [-0.05, 0) is 28.1 Å². The van der Waals surface area contributed by atoms with Gasteiger partial charge in [-0.1, -0.05) is 11.6 Å². The number of halogens is 5. The highest BCUT2D eigenvalue weighted by Crippen LogP contribution is 2.39. The minimum Gasteiger partial charge on any atom is -0.495 e. The number of hydrogen-bond donors (Lipinski definition) is 1. The fourth-order valence-corrected chi connectivity index (χ4v) is 2.37. The van der Waals surface area contributed by atoms with Crippen LogP contribution >= 0.6 is 27.5 Å². The average Bonchev–Trinajstić information content (AvgIpc) is 2.13. The van der Waals surface area contributed by atoms with Crippen LogP contribution in [-0.2, 0) is 0 Å². The molecule has 1 rings (SSSR count). The molecule has 1 aromatic carbocycles. The van der Waals surface area contributed by atoms with E-state index in [1.165, 1.54) is 19.2 Å². The van der Waals surface area contributed by atoms with Crippen LogP contribution in [0.3, 0.4) is 0 Å². The maximum atomic E-state index is 12.2. The predicted molar refractivity (Wildman–Crippen MR) is 61.3 cm³/mol. The second-order valence-corrected chi connectivity index (χ2v) is 4.64. The molecule has 1 aromatic rings. The number of benzene rings is 1. The summed E-state index contributed by atoms with van der Waals surface area (Å²) in [4.78, 5) is 0. The average molecular weight is 334 g/mol. The lowest BCUT2D eigenvalue weighted by Gasteiger charge is -2.17. The number of methoxy groups -OCH3 is 1. The zero-order valence-electron chi connectivity index (χ0n) is 8.68. The first kappa shape index (κ1) is 14.6. The monoisotopic (exact) mass is 332 g/mol. The molecule has 0 saturated heterocycles. The molecule has 0 saturated carbocycles. The second kappa shape index (κ2) is 5.46. The van der Waals surface area contributed by atoms with E-state index in [0.717, 1.165) is 0 Å². The van der Waals surface area contributed by atoms with E-state index in [4.69, 9.17) is 16.3 Å². The summed E-state index contributed by atoms with van der Waals surface area (Å²) in [6.45, 7) is 0. The van der Waals surface area contributed by atoms with Gasteiger partial charge >= 0.3 is 6.18 Å². The molecule has 7 heteroatoms. The molecule has 0 radical (unpaired) electrons. The van der Waals surface area contributed by atoms with E-state index < -0.39 is 18.7 Å². The minimum absolute atomic E-state index is 0.00389. The van der Waals surface area contributed by atoms with Gasteiger partial charge in [-0.3, -0.25) is 0 Å². The van der Waals surface area contributed by atoms with Crippen LogP contribution < -0.4 is 4.74 Å². The summed E-state index contributed by atoms with van der Waals surface area (Å²) >= 11 is 8.82.